The number of hydrazone groups is 1. The van der Waals surface area contributed by atoms with Gasteiger partial charge in [0.1, 0.15) is 11.5 Å². The number of ether oxygens (including phenoxy) is 2. The highest BCUT2D eigenvalue weighted by Crippen LogP contribution is 2.22. The van der Waals surface area contributed by atoms with Crippen LogP contribution in [0.5, 0.6) is 11.5 Å². The SMILES string of the molecule is COc1ccc(OC)c(/C=N\N2CCN(Cc3ccc(C)cc3)CC2)c1. The smallest absolute Gasteiger partial charge is 0.127 e. The number of methoxy groups -OCH3 is 2. The first kappa shape index (κ1) is 18.3. The van der Waals surface area contributed by atoms with Crippen molar-refractivity contribution in [3.8, 4) is 11.5 Å². The summed E-state index contributed by atoms with van der Waals surface area (Å²) in [7, 11) is 3.33. The molecule has 0 aliphatic carbocycles. The van der Waals surface area contributed by atoms with Crippen LogP contribution in [0.1, 0.15) is 16.7 Å². The summed E-state index contributed by atoms with van der Waals surface area (Å²) < 4.78 is 10.7. The van der Waals surface area contributed by atoms with E-state index in [2.05, 4.69) is 46.2 Å². The summed E-state index contributed by atoms with van der Waals surface area (Å²) in [6.07, 6.45) is 1.86. The van der Waals surface area contributed by atoms with Crippen molar-refractivity contribution < 1.29 is 9.47 Å². The second-order valence-corrected chi connectivity index (χ2v) is 6.57. The van der Waals surface area contributed by atoms with Gasteiger partial charge in [-0.05, 0) is 30.7 Å². The molecule has 0 amide bonds. The Bertz CT molecular complexity index is 735. The normalized spacial score (nSPS) is 15.4. The van der Waals surface area contributed by atoms with Gasteiger partial charge in [0.15, 0.2) is 0 Å². The van der Waals surface area contributed by atoms with E-state index in [1.165, 1.54) is 11.1 Å². The summed E-state index contributed by atoms with van der Waals surface area (Å²) in [6, 6.07) is 14.5. The quantitative estimate of drug-likeness (QED) is 0.748. The molecule has 0 aromatic heterocycles. The first-order chi connectivity index (χ1) is 12.7. The van der Waals surface area contributed by atoms with Crippen molar-refractivity contribution in [1.82, 2.24) is 9.91 Å². The van der Waals surface area contributed by atoms with Crippen LogP contribution in [0.2, 0.25) is 0 Å². The first-order valence-electron chi connectivity index (χ1n) is 8.97. The fraction of sp³-hybridized carbons (Fsp3) is 0.381. The lowest BCUT2D eigenvalue weighted by Gasteiger charge is -2.33. The molecule has 26 heavy (non-hydrogen) atoms. The molecule has 1 aliphatic heterocycles. The van der Waals surface area contributed by atoms with Crippen LogP contribution in [0, 0.1) is 6.92 Å². The zero-order valence-corrected chi connectivity index (χ0v) is 15.8. The lowest BCUT2D eigenvalue weighted by atomic mass is 10.1. The molecule has 0 N–H and O–H groups in total. The van der Waals surface area contributed by atoms with Crippen molar-refractivity contribution in [2.45, 2.75) is 13.5 Å². The van der Waals surface area contributed by atoms with Crippen LogP contribution >= 0.6 is 0 Å². The molecule has 5 nitrogen and oxygen atoms in total. The van der Waals surface area contributed by atoms with Crippen LogP contribution in [-0.2, 0) is 6.54 Å². The highest BCUT2D eigenvalue weighted by molar-refractivity contribution is 5.84. The standard InChI is InChI=1S/C21H27N3O2/c1-17-4-6-18(7-5-17)16-23-10-12-24(13-11-23)22-15-19-14-20(25-2)8-9-21(19)26-3/h4-9,14-15H,10-13,16H2,1-3H3/b22-15-. The highest BCUT2D eigenvalue weighted by atomic mass is 16.5. The van der Waals surface area contributed by atoms with Crippen LogP contribution in [0.4, 0.5) is 0 Å². The molecule has 2 aromatic rings. The molecule has 0 spiro atoms. The Labute approximate surface area is 155 Å². The summed E-state index contributed by atoms with van der Waals surface area (Å²) >= 11 is 0. The van der Waals surface area contributed by atoms with Crippen LogP contribution in [0.3, 0.4) is 0 Å². The summed E-state index contributed by atoms with van der Waals surface area (Å²) in [5.74, 6) is 1.60. The second-order valence-electron chi connectivity index (χ2n) is 6.57. The molecule has 5 heteroatoms. The Morgan fingerprint density at radius 3 is 2.35 bits per heavy atom. The zero-order chi connectivity index (χ0) is 18.4. The van der Waals surface area contributed by atoms with E-state index in [0.29, 0.717) is 0 Å². The van der Waals surface area contributed by atoms with Gasteiger partial charge in [0.25, 0.3) is 0 Å². The molecule has 1 heterocycles. The van der Waals surface area contributed by atoms with E-state index >= 15 is 0 Å². The van der Waals surface area contributed by atoms with Gasteiger partial charge in [-0.25, -0.2) is 0 Å². The largest absolute Gasteiger partial charge is 0.497 e. The number of hydrogen-bond acceptors (Lipinski definition) is 5. The summed E-state index contributed by atoms with van der Waals surface area (Å²) in [6.45, 7) is 7.00. The minimum atomic E-state index is 0.799. The molecule has 0 atom stereocenters. The van der Waals surface area contributed by atoms with E-state index in [-0.39, 0.29) is 0 Å². The maximum absolute atomic E-state index is 5.40. The van der Waals surface area contributed by atoms with Crippen molar-refractivity contribution in [2.75, 3.05) is 40.4 Å². The fourth-order valence-corrected chi connectivity index (χ4v) is 3.05. The average Bonchev–Trinajstić information content (AvgIpc) is 2.69. The van der Waals surface area contributed by atoms with Gasteiger partial charge < -0.3 is 9.47 Å². The number of aryl methyl sites for hydroxylation is 1. The third kappa shape index (κ3) is 4.76. The molecule has 0 unspecified atom stereocenters. The van der Waals surface area contributed by atoms with Crippen LogP contribution < -0.4 is 9.47 Å². The van der Waals surface area contributed by atoms with E-state index in [9.17, 15) is 0 Å². The van der Waals surface area contributed by atoms with E-state index < -0.39 is 0 Å². The number of piperazine rings is 1. The summed E-state index contributed by atoms with van der Waals surface area (Å²) in [5, 5.41) is 6.75. The van der Waals surface area contributed by atoms with Crippen molar-refractivity contribution in [1.29, 1.82) is 0 Å². The molecule has 138 valence electrons. The Kier molecular flexibility index (Phi) is 6.12. The number of benzene rings is 2. The van der Waals surface area contributed by atoms with Crippen LogP contribution in [0.25, 0.3) is 0 Å². The van der Waals surface area contributed by atoms with E-state index in [0.717, 1.165) is 49.8 Å². The molecule has 1 aliphatic rings. The Hall–Kier alpha value is -2.53. The van der Waals surface area contributed by atoms with E-state index in [1.807, 2.05) is 24.4 Å². The summed E-state index contributed by atoms with van der Waals surface area (Å²) in [4.78, 5) is 2.48. The third-order valence-electron chi connectivity index (χ3n) is 4.67. The molecule has 3 rings (SSSR count). The summed E-state index contributed by atoms with van der Waals surface area (Å²) in [5.41, 5.74) is 3.60. The molecule has 1 saturated heterocycles. The van der Waals surface area contributed by atoms with Gasteiger partial charge in [-0.15, -0.1) is 0 Å². The molecular formula is C21H27N3O2. The van der Waals surface area contributed by atoms with Gasteiger partial charge in [-0.3, -0.25) is 9.91 Å². The first-order valence-corrected chi connectivity index (χ1v) is 8.97. The van der Waals surface area contributed by atoms with Gasteiger partial charge in [0.2, 0.25) is 0 Å². The van der Waals surface area contributed by atoms with Gasteiger partial charge >= 0.3 is 0 Å². The van der Waals surface area contributed by atoms with Crippen LogP contribution in [0.15, 0.2) is 47.6 Å². The fourth-order valence-electron chi connectivity index (χ4n) is 3.05. The molecule has 2 aromatic carbocycles. The monoisotopic (exact) mass is 353 g/mol. The Morgan fingerprint density at radius 1 is 0.962 bits per heavy atom. The predicted molar refractivity (Wildman–Crippen MR) is 105 cm³/mol. The highest BCUT2D eigenvalue weighted by Gasteiger charge is 2.15. The maximum atomic E-state index is 5.40. The number of rotatable bonds is 6. The minimum absolute atomic E-state index is 0.799. The van der Waals surface area contributed by atoms with Crippen molar-refractivity contribution in [3.63, 3.8) is 0 Å². The van der Waals surface area contributed by atoms with Gasteiger partial charge in [-0.2, -0.15) is 5.10 Å². The zero-order valence-electron chi connectivity index (χ0n) is 15.8. The molecule has 1 fully saturated rings. The maximum Gasteiger partial charge on any atom is 0.127 e. The van der Waals surface area contributed by atoms with Crippen LogP contribution in [-0.4, -0.2) is 56.5 Å². The van der Waals surface area contributed by atoms with E-state index in [4.69, 9.17) is 9.47 Å². The molecular weight excluding hydrogens is 326 g/mol. The Balaban J connectivity index is 1.55. The average molecular weight is 353 g/mol. The third-order valence-corrected chi connectivity index (χ3v) is 4.67. The molecule has 0 radical (unpaired) electrons. The van der Waals surface area contributed by atoms with Crippen molar-refractivity contribution in [2.24, 2.45) is 5.10 Å². The minimum Gasteiger partial charge on any atom is -0.497 e. The van der Waals surface area contributed by atoms with Crippen molar-refractivity contribution in [3.05, 3.63) is 59.2 Å². The number of nitrogens with zero attached hydrogens (tertiary/aromatic N) is 3. The topological polar surface area (TPSA) is 37.3 Å². The lowest BCUT2D eigenvalue weighted by molar-refractivity contribution is 0.131. The van der Waals surface area contributed by atoms with Gasteiger partial charge in [0.05, 0.1) is 20.4 Å². The Morgan fingerprint density at radius 2 is 1.69 bits per heavy atom. The van der Waals surface area contributed by atoms with E-state index in [1.54, 1.807) is 14.2 Å². The molecule has 0 bridgehead atoms. The second kappa shape index (κ2) is 8.72. The molecule has 0 saturated carbocycles. The predicted octanol–water partition coefficient (Wildman–Crippen LogP) is 3.16. The lowest BCUT2D eigenvalue weighted by Crippen LogP contribution is -2.43. The number of hydrogen-bond donors (Lipinski definition) is 0. The van der Waals surface area contributed by atoms with Gasteiger partial charge in [0, 0.05) is 38.3 Å². The van der Waals surface area contributed by atoms with Gasteiger partial charge in [-0.1, -0.05) is 29.8 Å². The van der Waals surface area contributed by atoms with Crippen molar-refractivity contribution >= 4 is 6.21 Å².